The summed E-state index contributed by atoms with van der Waals surface area (Å²) in [5.74, 6) is 1.16. The van der Waals surface area contributed by atoms with E-state index in [0.717, 1.165) is 4.47 Å². The minimum Gasteiger partial charge on any atom is -0.493 e. The number of hydrogen-bond acceptors (Lipinski definition) is 5. The molecule has 2 rings (SSSR count). The van der Waals surface area contributed by atoms with Gasteiger partial charge in [-0.05, 0) is 48.0 Å². The van der Waals surface area contributed by atoms with Gasteiger partial charge in [-0.2, -0.15) is 0 Å². The predicted octanol–water partition coefficient (Wildman–Crippen LogP) is 4.76. The number of esters is 1. The summed E-state index contributed by atoms with van der Waals surface area (Å²) >= 11 is 9.47. The third kappa shape index (κ3) is 5.97. The maximum absolute atomic E-state index is 11.8. The second-order valence-electron chi connectivity index (χ2n) is 5.04. The predicted molar refractivity (Wildman–Crippen MR) is 104 cm³/mol. The topological polar surface area (TPSA) is 54.0 Å². The Kier molecular flexibility index (Phi) is 7.81. The molecule has 0 atom stereocenters. The number of ether oxygens (including phenoxy) is 4. The van der Waals surface area contributed by atoms with Crippen LogP contribution in [0.15, 0.2) is 46.9 Å². The van der Waals surface area contributed by atoms with E-state index < -0.39 is 5.97 Å². The Balaban J connectivity index is 1.83. The molecule has 0 aliphatic rings. The molecule has 0 radical (unpaired) electrons. The molecule has 0 bridgehead atoms. The molecule has 7 heteroatoms. The van der Waals surface area contributed by atoms with Gasteiger partial charge in [-0.3, -0.25) is 0 Å². The summed E-state index contributed by atoms with van der Waals surface area (Å²) in [5.41, 5.74) is 0.690. The van der Waals surface area contributed by atoms with Crippen LogP contribution in [0.3, 0.4) is 0 Å². The Morgan fingerprint density at radius 1 is 1.12 bits per heavy atom. The van der Waals surface area contributed by atoms with Gasteiger partial charge in [0.05, 0.1) is 19.2 Å². The third-order valence-electron chi connectivity index (χ3n) is 3.28. The standard InChI is InChI=1S/C19H18BrClO5/c1-23-17-12-13(11-16(21)19(17)24-2)3-8-18(22)26-10-9-25-15-6-4-14(20)5-7-15/h3-8,11-12H,9-10H2,1-2H3. The second kappa shape index (κ2) is 10.1. The first-order valence-electron chi connectivity index (χ1n) is 7.68. The number of rotatable bonds is 8. The lowest BCUT2D eigenvalue weighted by molar-refractivity contribution is -0.138. The molecule has 5 nitrogen and oxygen atoms in total. The van der Waals surface area contributed by atoms with Crippen LogP contribution >= 0.6 is 27.5 Å². The van der Waals surface area contributed by atoms with E-state index in [-0.39, 0.29) is 13.2 Å². The highest BCUT2D eigenvalue weighted by Crippen LogP contribution is 2.36. The van der Waals surface area contributed by atoms with Gasteiger partial charge in [-0.15, -0.1) is 0 Å². The summed E-state index contributed by atoms with van der Waals surface area (Å²) in [6.45, 7) is 0.412. The minimum absolute atomic E-state index is 0.145. The van der Waals surface area contributed by atoms with Crippen molar-refractivity contribution in [2.75, 3.05) is 27.4 Å². The smallest absolute Gasteiger partial charge is 0.330 e. The van der Waals surface area contributed by atoms with Crippen LogP contribution in [0.25, 0.3) is 6.08 Å². The summed E-state index contributed by atoms with van der Waals surface area (Å²) in [6, 6.07) is 10.8. The second-order valence-corrected chi connectivity index (χ2v) is 6.36. The number of carbonyl (C=O) groups excluding carboxylic acids is 1. The Morgan fingerprint density at radius 2 is 1.85 bits per heavy atom. The van der Waals surface area contributed by atoms with Crippen molar-refractivity contribution in [2.45, 2.75) is 0 Å². The highest BCUT2D eigenvalue weighted by molar-refractivity contribution is 9.10. The van der Waals surface area contributed by atoms with Crippen molar-refractivity contribution in [3.05, 3.63) is 57.5 Å². The Bertz CT molecular complexity index is 774. The van der Waals surface area contributed by atoms with Gasteiger partial charge in [0.15, 0.2) is 11.5 Å². The molecule has 2 aromatic carbocycles. The summed E-state index contributed by atoms with van der Waals surface area (Å²) < 4.78 is 21.9. The van der Waals surface area contributed by atoms with Gasteiger partial charge >= 0.3 is 5.97 Å². The number of methoxy groups -OCH3 is 2. The number of hydrogen-bond donors (Lipinski definition) is 0. The molecule has 2 aromatic rings. The lowest BCUT2D eigenvalue weighted by atomic mass is 10.2. The van der Waals surface area contributed by atoms with E-state index in [2.05, 4.69) is 15.9 Å². The van der Waals surface area contributed by atoms with Crippen LogP contribution in [0.1, 0.15) is 5.56 Å². The molecule has 0 N–H and O–H groups in total. The Morgan fingerprint density at radius 3 is 2.50 bits per heavy atom. The molecule has 0 saturated carbocycles. The highest BCUT2D eigenvalue weighted by atomic mass is 79.9. The van der Waals surface area contributed by atoms with Crippen molar-refractivity contribution in [1.29, 1.82) is 0 Å². The maximum atomic E-state index is 11.8. The van der Waals surface area contributed by atoms with E-state index >= 15 is 0 Å². The molecular formula is C19H18BrClO5. The molecule has 0 unspecified atom stereocenters. The summed E-state index contributed by atoms with van der Waals surface area (Å²) in [5, 5.41) is 0.391. The first-order valence-corrected chi connectivity index (χ1v) is 8.85. The van der Waals surface area contributed by atoms with Crippen LogP contribution in [0.5, 0.6) is 17.2 Å². The van der Waals surface area contributed by atoms with E-state index in [4.69, 9.17) is 30.5 Å². The van der Waals surface area contributed by atoms with Gasteiger partial charge < -0.3 is 18.9 Å². The largest absolute Gasteiger partial charge is 0.493 e. The molecule has 0 saturated heterocycles. The maximum Gasteiger partial charge on any atom is 0.330 e. The molecule has 0 aliphatic carbocycles. The molecule has 26 heavy (non-hydrogen) atoms. The van der Waals surface area contributed by atoms with E-state index in [1.807, 2.05) is 24.3 Å². The quantitative estimate of drug-likeness (QED) is 0.336. The number of benzene rings is 2. The molecule has 0 aliphatic heterocycles. The van der Waals surface area contributed by atoms with E-state index in [9.17, 15) is 4.79 Å². The average Bonchev–Trinajstić information content (AvgIpc) is 2.64. The zero-order chi connectivity index (χ0) is 18.9. The van der Waals surface area contributed by atoms with Crippen molar-refractivity contribution in [3.63, 3.8) is 0 Å². The van der Waals surface area contributed by atoms with Gasteiger partial charge in [0.25, 0.3) is 0 Å². The lowest BCUT2D eigenvalue weighted by Crippen LogP contribution is -2.10. The molecule has 0 aromatic heterocycles. The van der Waals surface area contributed by atoms with Gasteiger partial charge in [0.2, 0.25) is 0 Å². The van der Waals surface area contributed by atoms with Crippen molar-refractivity contribution >= 4 is 39.6 Å². The van der Waals surface area contributed by atoms with Gasteiger partial charge in [0.1, 0.15) is 19.0 Å². The fourth-order valence-electron chi connectivity index (χ4n) is 2.08. The molecular weight excluding hydrogens is 424 g/mol. The van der Waals surface area contributed by atoms with Gasteiger partial charge in [-0.25, -0.2) is 4.79 Å². The summed E-state index contributed by atoms with van der Waals surface area (Å²) in [4.78, 5) is 11.8. The summed E-state index contributed by atoms with van der Waals surface area (Å²) in [7, 11) is 3.02. The van der Waals surface area contributed by atoms with Crippen LogP contribution in [0.2, 0.25) is 5.02 Å². The summed E-state index contributed by atoms with van der Waals surface area (Å²) in [6.07, 6.45) is 2.91. The van der Waals surface area contributed by atoms with Crippen LogP contribution in [0, 0.1) is 0 Å². The zero-order valence-corrected chi connectivity index (χ0v) is 16.7. The highest BCUT2D eigenvalue weighted by Gasteiger charge is 2.10. The van der Waals surface area contributed by atoms with Crippen LogP contribution in [0.4, 0.5) is 0 Å². The van der Waals surface area contributed by atoms with Gasteiger partial charge in [0, 0.05) is 10.5 Å². The van der Waals surface area contributed by atoms with Crippen molar-refractivity contribution in [1.82, 2.24) is 0 Å². The minimum atomic E-state index is -0.477. The van der Waals surface area contributed by atoms with Crippen LogP contribution in [-0.4, -0.2) is 33.4 Å². The molecule has 0 spiro atoms. The third-order valence-corrected chi connectivity index (χ3v) is 4.09. The van der Waals surface area contributed by atoms with Gasteiger partial charge in [-0.1, -0.05) is 27.5 Å². The van der Waals surface area contributed by atoms with Crippen molar-refractivity contribution in [2.24, 2.45) is 0 Å². The number of carbonyl (C=O) groups is 1. The average molecular weight is 442 g/mol. The lowest BCUT2D eigenvalue weighted by Gasteiger charge is -2.10. The zero-order valence-electron chi connectivity index (χ0n) is 14.3. The molecule has 0 heterocycles. The SMILES string of the molecule is COc1cc(C=CC(=O)OCCOc2ccc(Br)cc2)cc(Cl)c1OC. The molecule has 138 valence electrons. The normalized spacial score (nSPS) is 10.6. The Labute approximate surface area is 165 Å². The molecule has 0 fully saturated rings. The van der Waals surface area contributed by atoms with Crippen molar-refractivity contribution < 1.29 is 23.7 Å². The first kappa shape index (κ1) is 20.1. The van der Waals surface area contributed by atoms with Crippen LogP contribution in [-0.2, 0) is 9.53 Å². The fraction of sp³-hybridized carbons (Fsp3) is 0.211. The van der Waals surface area contributed by atoms with Crippen LogP contribution < -0.4 is 14.2 Å². The van der Waals surface area contributed by atoms with E-state index in [0.29, 0.717) is 27.8 Å². The number of halogens is 2. The van der Waals surface area contributed by atoms with E-state index in [1.54, 1.807) is 18.2 Å². The monoisotopic (exact) mass is 440 g/mol. The first-order chi connectivity index (χ1) is 12.5. The molecule has 0 amide bonds. The van der Waals surface area contributed by atoms with E-state index in [1.165, 1.54) is 20.3 Å². The fourth-order valence-corrected chi connectivity index (χ4v) is 2.64. The van der Waals surface area contributed by atoms with Crippen molar-refractivity contribution in [3.8, 4) is 17.2 Å². The Hall–Kier alpha value is -2.18.